The van der Waals surface area contributed by atoms with E-state index in [0.29, 0.717) is 25.1 Å². The van der Waals surface area contributed by atoms with Gasteiger partial charge in [0.1, 0.15) is 0 Å². The second kappa shape index (κ2) is 8.41. The van der Waals surface area contributed by atoms with Gasteiger partial charge in [-0.3, -0.25) is 4.98 Å². The molecule has 0 saturated carbocycles. The number of alkyl halides is 3. The molecule has 1 unspecified atom stereocenters. The summed E-state index contributed by atoms with van der Waals surface area (Å²) < 4.78 is 66.0. The van der Waals surface area contributed by atoms with Crippen molar-refractivity contribution in [1.82, 2.24) is 13.6 Å². The molecule has 1 aliphatic rings. The average Bonchev–Trinajstić information content (AvgIpc) is 2.68. The second-order valence-corrected chi connectivity index (χ2v) is 9.60. The van der Waals surface area contributed by atoms with Crippen LogP contribution in [-0.4, -0.2) is 49.2 Å². The molecular weight excluding hydrogens is 403 g/mol. The van der Waals surface area contributed by atoms with Crippen LogP contribution in [0.4, 0.5) is 13.2 Å². The zero-order valence-corrected chi connectivity index (χ0v) is 17.2. The van der Waals surface area contributed by atoms with Crippen LogP contribution in [0.3, 0.4) is 0 Å². The lowest BCUT2D eigenvalue weighted by Gasteiger charge is -2.33. The summed E-state index contributed by atoms with van der Waals surface area (Å²) in [5, 5.41) is 0. The minimum absolute atomic E-state index is 0.00100. The van der Waals surface area contributed by atoms with Gasteiger partial charge in [-0.15, -0.1) is 0 Å². The molecular formula is C20H24F3N3O2S. The maximum Gasteiger partial charge on any atom is 0.416 e. The third-order valence-electron chi connectivity index (χ3n) is 5.10. The van der Waals surface area contributed by atoms with Crippen LogP contribution >= 0.6 is 0 Å². The van der Waals surface area contributed by atoms with Gasteiger partial charge in [0, 0.05) is 45.0 Å². The molecule has 2 aromatic rings. The van der Waals surface area contributed by atoms with Crippen LogP contribution in [0.1, 0.15) is 41.1 Å². The van der Waals surface area contributed by atoms with Crippen LogP contribution in [0.25, 0.3) is 0 Å². The third kappa shape index (κ3) is 5.15. The molecule has 29 heavy (non-hydrogen) atoms. The number of hydrogen-bond acceptors (Lipinski definition) is 3. The number of aromatic nitrogens is 1. The Morgan fingerprint density at radius 3 is 2.55 bits per heavy atom. The predicted octanol–water partition coefficient (Wildman–Crippen LogP) is 3.68. The Morgan fingerprint density at radius 2 is 1.93 bits per heavy atom. The van der Waals surface area contributed by atoms with Gasteiger partial charge in [0.2, 0.25) is 0 Å². The molecule has 5 nitrogen and oxygen atoms in total. The van der Waals surface area contributed by atoms with E-state index in [2.05, 4.69) is 4.98 Å². The number of nitrogens with zero attached hydrogens (tertiary/aromatic N) is 3. The number of pyridine rings is 1. The molecule has 9 heteroatoms. The first-order valence-corrected chi connectivity index (χ1v) is 10.8. The minimum atomic E-state index is -4.36. The van der Waals surface area contributed by atoms with Gasteiger partial charge in [0.15, 0.2) is 0 Å². The molecule has 0 spiro atoms. The summed E-state index contributed by atoms with van der Waals surface area (Å²) in [5.41, 5.74) is 1.51. The fourth-order valence-electron chi connectivity index (χ4n) is 3.50. The van der Waals surface area contributed by atoms with Crippen molar-refractivity contribution in [3.8, 4) is 0 Å². The fourth-order valence-corrected chi connectivity index (χ4v) is 4.69. The van der Waals surface area contributed by atoms with Crippen LogP contribution in [0.5, 0.6) is 0 Å². The number of halogens is 3. The highest BCUT2D eigenvalue weighted by molar-refractivity contribution is 7.86. The molecule has 1 aromatic heterocycles. The summed E-state index contributed by atoms with van der Waals surface area (Å²) in [7, 11) is -0.432. The Morgan fingerprint density at radius 1 is 1.17 bits per heavy atom. The largest absolute Gasteiger partial charge is 0.416 e. The van der Waals surface area contributed by atoms with E-state index < -0.39 is 21.9 Å². The Hall–Kier alpha value is -1.97. The number of piperidine rings is 1. The van der Waals surface area contributed by atoms with Gasteiger partial charge < -0.3 is 0 Å². The van der Waals surface area contributed by atoms with E-state index in [1.807, 2.05) is 12.1 Å². The highest BCUT2D eigenvalue weighted by atomic mass is 32.2. The molecule has 0 N–H and O–H groups in total. The van der Waals surface area contributed by atoms with Gasteiger partial charge in [0.25, 0.3) is 10.2 Å². The summed E-state index contributed by atoms with van der Waals surface area (Å²) in [6.07, 6.45) is -0.749. The summed E-state index contributed by atoms with van der Waals surface area (Å²) >= 11 is 0. The maximum absolute atomic E-state index is 12.9. The number of rotatable bonds is 5. The second-order valence-electron chi connectivity index (χ2n) is 7.45. The Balaban J connectivity index is 1.71. The van der Waals surface area contributed by atoms with Gasteiger partial charge in [-0.25, -0.2) is 0 Å². The Bertz CT molecular complexity index is 944. The van der Waals surface area contributed by atoms with E-state index >= 15 is 0 Å². The molecule has 0 bridgehead atoms. The molecule has 1 fully saturated rings. The number of hydrogen-bond donors (Lipinski definition) is 0. The minimum Gasteiger partial charge on any atom is -0.261 e. The molecule has 0 radical (unpaired) electrons. The molecule has 1 aliphatic heterocycles. The van der Waals surface area contributed by atoms with Crippen LogP contribution in [0, 0.1) is 0 Å². The molecule has 3 rings (SSSR count). The quantitative estimate of drug-likeness (QED) is 0.732. The van der Waals surface area contributed by atoms with Gasteiger partial charge in [-0.05, 0) is 42.5 Å². The van der Waals surface area contributed by atoms with Crippen molar-refractivity contribution in [2.24, 2.45) is 0 Å². The van der Waals surface area contributed by atoms with Crippen molar-refractivity contribution < 1.29 is 21.6 Å². The Labute approximate surface area is 169 Å². The fraction of sp³-hybridized carbons (Fsp3) is 0.450. The smallest absolute Gasteiger partial charge is 0.261 e. The van der Waals surface area contributed by atoms with Gasteiger partial charge in [0.05, 0.1) is 5.56 Å². The normalized spacial score (nSPS) is 18.9. The van der Waals surface area contributed by atoms with Crippen LogP contribution in [0.2, 0.25) is 0 Å². The average molecular weight is 427 g/mol. The summed E-state index contributed by atoms with van der Waals surface area (Å²) in [6, 6.07) is 8.97. The van der Waals surface area contributed by atoms with Crippen molar-refractivity contribution in [2.75, 3.05) is 27.2 Å². The Kier molecular flexibility index (Phi) is 6.30. The van der Waals surface area contributed by atoms with Crippen molar-refractivity contribution in [1.29, 1.82) is 0 Å². The SMILES string of the molecule is CN(C)S(=O)(=O)N1CCCC(c2ccc(Cc3cccc(C(F)(F)F)c3)cn2)C1. The zero-order valence-electron chi connectivity index (χ0n) is 16.4. The summed E-state index contributed by atoms with van der Waals surface area (Å²) in [5.74, 6) is 0.00100. The van der Waals surface area contributed by atoms with E-state index in [1.165, 1.54) is 28.8 Å². The van der Waals surface area contributed by atoms with E-state index in [1.54, 1.807) is 12.3 Å². The lowest BCUT2D eigenvalue weighted by atomic mass is 9.95. The summed E-state index contributed by atoms with van der Waals surface area (Å²) in [6.45, 7) is 0.866. The highest BCUT2D eigenvalue weighted by Crippen LogP contribution is 2.30. The highest BCUT2D eigenvalue weighted by Gasteiger charge is 2.32. The molecule has 1 aromatic carbocycles. The molecule has 1 saturated heterocycles. The van der Waals surface area contributed by atoms with Gasteiger partial charge >= 0.3 is 6.18 Å². The molecule has 0 amide bonds. The monoisotopic (exact) mass is 427 g/mol. The maximum atomic E-state index is 12.9. The van der Waals surface area contributed by atoms with Crippen molar-refractivity contribution >= 4 is 10.2 Å². The lowest BCUT2D eigenvalue weighted by molar-refractivity contribution is -0.137. The van der Waals surface area contributed by atoms with E-state index in [-0.39, 0.29) is 5.92 Å². The summed E-state index contributed by atoms with van der Waals surface area (Å²) in [4.78, 5) is 4.47. The van der Waals surface area contributed by atoms with E-state index in [4.69, 9.17) is 0 Å². The topological polar surface area (TPSA) is 53.5 Å². The molecule has 2 heterocycles. The third-order valence-corrected chi connectivity index (χ3v) is 7.01. The van der Waals surface area contributed by atoms with Crippen molar-refractivity contribution in [3.05, 3.63) is 65.0 Å². The van der Waals surface area contributed by atoms with Crippen LogP contribution in [-0.2, 0) is 22.8 Å². The number of benzene rings is 1. The van der Waals surface area contributed by atoms with Gasteiger partial charge in [-0.1, -0.05) is 24.3 Å². The first-order chi connectivity index (χ1) is 13.6. The first kappa shape index (κ1) is 21.7. The molecule has 1 atom stereocenters. The standard InChI is InChI=1S/C20H24F3N3O2S/c1-25(2)29(27,28)26-10-4-6-17(14-26)19-9-8-16(13-24-19)11-15-5-3-7-18(12-15)20(21,22)23/h3,5,7-9,12-13,17H,4,6,10-11,14H2,1-2H3. The van der Waals surface area contributed by atoms with Crippen molar-refractivity contribution in [3.63, 3.8) is 0 Å². The molecule has 0 aliphatic carbocycles. The zero-order chi connectivity index (χ0) is 21.2. The van der Waals surface area contributed by atoms with E-state index in [0.717, 1.165) is 36.2 Å². The van der Waals surface area contributed by atoms with Crippen LogP contribution in [0.15, 0.2) is 42.6 Å². The molecule has 158 valence electrons. The lowest BCUT2D eigenvalue weighted by Crippen LogP contribution is -2.45. The van der Waals surface area contributed by atoms with Crippen LogP contribution < -0.4 is 0 Å². The predicted molar refractivity (Wildman–Crippen MR) is 105 cm³/mol. The van der Waals surface area contributed by atoms with E-state index in [9.17, 15) is 21.6 Å². The first-order valence-electron chi connectivity index (χ1n) is 9.36. The van der Waals surface area contributed by atoms with Gasteiger partial charge in [-0.2, -0.15) is 30.2 Å². The van der Waals surface area contributed by atoms with Crippen molar-refractivity contribution in [2.45, 2.75) is 31.4 Å².